The molecule has 6 rings (SSSR count). The number of hydrogen-bond acceptors (Lipinski definition) is 2. The van der Waals surface area contributed by atoms with Crippen molar-refractivity contribution in [2.75, 3.05) is 0 Å². The normalized spacial score (nSPS) is 37.5. The third kappa shape index (κ3) is 5.16. The molecule has 1 saturated carbocycles. The van der Waals surface area contributed by atoms with Crippen molar-refractivity contribution < 1.29 is 5.11 Å². The minimum atomic E-state index is 0.369. The lowest BCUT2D eigenvalue weighted by Crippen LogP contribution is -2.43. The average molecular weight is 498 g/mol. The van der Waals surface area contributed by atoms with E-state index in [9.17, 15) is 5.11 Å². The van der Waals surface area contributed by atoms with Crippen LogP contribution in [0.4, 0.5) is 0 Å². The molecule has 0 spiro atoms. The molecular weight excluding hydrogens is 450 g/mol. The fourth-order valence-electron chi connectivity index (χ4n) is 8.81. The van der Waals surface area contributed by atoms with Crippen molar-refractivity contribution >= 4 is 0 Å². The SMILES string of the molecule is C[C@H]1CC=C[C@@](C)([C@H]2CCC[C@@H](Cc3cc(O)cc([C@@H]4C[C@@H]5CC[C@H](C)N[C@@H]5c5ccccc54)c3)C2)C1. The van der Waals surface area contributed by atoms with Gasteiger partial charge >= 0.3 is 0 Å². The van der Waals surface area contributed by atoms with Crippen molar-refractivity contribution in [3.63, 3.8) is 0 Å². The van der Waals surface area contributed by atoms with Gasteiger partial charge < -0.3 is 10.4 Å². The van der Waals surface area contributed by atoms with E-state index in [1.807, 2.05) is 0 Å². The zero-order valence-electron chi connectivity index (χ0n) is 23.3. The molecule has 2 nitrogen and oxygen atoms in total. The number of fused-ring (bicyclic) bond motifs is 3. The van der Waals surface area contributed by atoms with Crippen LogP contribution in [0.25, 0.3) is 0 Å². The fourth-order valence-corrected chi connectivity index (χ4v) is 8.81. The van der Waals surface area contributed by atoms with Crippen LogP contribution in [0.15, 0.2) is 54.6 Å². The van der Waals surface area contributed by atoms with E-state index in [0.29, 0.717) is 35.1 Å². The average Bonchev–Trinajstić information content (AvgIpc) is 2.88. The molecule has 1 heterocycles. The summed E-state index contributed by atoms with van der Waals surface area (Å²) >= 11 is 0. The first-order valence-electron chi connectivity index (χ1n) is 15.2. The molecule has 0 radical (unpaired) electrons. The maximum atomic E-state index is 10.9. The van der Waals surface area contributed by atoms with Crippen LogP contribution >= 0.6 is 0 Å². The molecule has 37 heavy (non-hydrogen) atoms. The van der Waals surface area contributed by atoms with Crippen LogP contribution in [0, 0.1) is 29.1 Å². The molecule has 2 N–H and O–H groups in total. The van der Waals surface area contributed by atoms with Gasteiger partial charge in [0.05, 0.1) is 0 Å². The lowest BCUT2D eigenvalue weighted by molar-refractivity contribution is 0.119. The molecule has 0 bridgehead atoms. The molecule has 8 atom stereocenters. The molecule has 0 unspecified atom stereocenters. The number of aromatic hydroxyl groups is 1. The predicted molar refractivity (Wildman–Crippen MR) is 154 cm³/mol. The lowest BCUT2D eigenvalue weighted by Gasteiger charge is -2.44. The van der Waals surface area contributed by atoms with Gasteiger partial charge in [0.1, 0.15) is 5.75 Å². The number of rotatable bonds is 4. The van der Waals surface area contributed by atoms with Crippen LogP contribution in [0.3, 0.4) is 0 Å². The molecule has 0 amide bonds. The number of nitrogens with one attached hydrogen (secondary N) is 1. The zero-order chi connectivity index (χ0) is 25.6. The maximum Gasteiger partial charge on any atom is 0.116 e. The number of benzene rings is 2. The van der Waals surface area contributed by atoms with Gasteiger partial charge in [0.2, 0.25) is 0 Å². The second kappa shape index (κ2) is 10.3. The Kier molecular flexibility index (Phi) is 6.99. The number of hydrogen-bond donors (Lipinski definition) is 2. The molecule has 1 aliphatic heterocycles. The number of phenols is 1. The standard InChI is InChI=1S/C35H47NO/c1-23-8-7-15-35(3,22-23)29-10-6-9-25(18-29)16-26-17-28(20-30(37)19-26)33-21-27-14-13-24(2)36-34(27)32-12-5-4-11-31(32)33/h4-5,7,11-12,15,17,19-20,23-25,27,29,33-34,36-37H,6,8-10,13-14,16,18,21-22H2,1-3H3/t23-,24-,25-,27-,29-,33-,34-,35+/m0/s1. The monoisotopic (exact) mass is 497 g/mol. The smallest absolute Gasteiger partial charge is 0.116 e. The van der Waals surface area contributed by atoms with Gasteiger partial charge in [0.15, 0.2) is 0 Å². The highest BCUT2D eigenvalue weighted by atomic mass is 16.3. The van der Waals surface area contributed by atoms with Gasteiger partial charge in [-0.2, -0.15) is 0 Å². The van der Waals surface area contributed by atoms with Crippen molar-refractivity contribution in [2.45, 2.75) is 103 Å². The Morgan fingerprint density at radius 3 is 2.65 bits per heavy atom. The van der Waals surface area contributed by atoms with Gasteiger partial charge in [0.25, 0.3) is 0 Å². The highest BCUT2D eigenvalue weighted by Gasteiger charge is 2.39. The molecule has 2 fully saturated rings. The molecule has 4 aliphatic rings. The van der Waals surface area contributed by atoms with Crippen LogP contribution in [-0.4, -0.2) is 11.1 Å². The maximum absolute atomic E-state index is 10.9. The first kappa shape index (κ1) is 25.2. The molecular formula is C35H47NO. The molecule has 198 valence electrons. The minimum Gasteiger partial charge on any atom is -0.508 e. The number of phenolic OH excluding ortho intramolecular Hbond substituents is 1. The highest BCUT2D eigenvalue weighted by Crippen LogP contribution is 2.50. The second-order valence-corrected chi connectivity index (χ2v) is 13.6. The van der Waals surface area contributed by atoms with Gasteiger partial charge in [0, 0.05) is 18.0 Å². The van der Waals surface area contributed by atoms with E-state index in [2.05, 4.69) is 80.7 Å². The largest absolute Gasteiger partial charge is 0.508 e. The summed E-state index contributed by atoms with van der Waals surface area (Å²) in [4.78, 5) is 0. The summed E-state index contributed by atoms with van der Waals surface area (Å²) in [5.74, 6) is 3.83. The zero-order valence-corrected chi connectivity index (χ0v) is 23.3. The van der Waals surface area contributed by atoms with Crippen LogP contribution < -0.4 is 5.32 Å². The Hall–Kier alpha value is -2.06. The van der Waals surface area contributed by atoms with Gasteiger partial charge in [-0.05, 0) is 122 Å². The third-order valence-electron chi connectivity index (χ3n) is 10.6. The van der Waals surface area contributed by atoms with Crippen LogP contribution in [0.1, 0.15) is 113 Å². The number of allylic oxidation sites excluding steroid dienone is 2. The van der Waals surface area contributed by atoms with Crippen LogP contribution in [0.2, 0.25) is 0 Å². The Morgan fingerprint density at radius 1 is 0.973 bits per heavy atom. The first-order valence-corrected chi connectivity index (χ1v) is 15.2. The molecule has 0 aromatic heterocycles. The van der Waals surface area contributed by atoms with Gasteiger partial charge in [-0.1, -0.05) is 69.2 Å². The summed E-state index contributed by atoms with van der Waals surface area (Å²) in [6, 6.07) is 16.7. The molecule has 2 aromatic carbocycles. The topological polar surface area (TPSA) is 32.3 Å². The summed E-state index contributed by atoms with van der Waals surface area (Å²) in [5, 5.41) is 14.8. The summed E-state index contributed by atoms with van der Waals surface area (Å²) in [6.45, 7) is 7.27. The molecule has 3 aliphatic carbocycles. The van der Waals surface area contributed by atoms with Crippen molar-refractivity contribution in [3.8, 4) is 5.75 Å². The quantitative estimate of drug-likeness (QED) is 0.414. The molecule has 2 heteroatoms. The van der Waals surface area contributed by atoms with Gasteiger partial charge in [-0.3, -0.25) is 0 Å². The summed E-state index contributed by atoms with van der Waals surface area (Å²) in [6.07, 6.45) is 17.8. The minimum absolute atomic E-state index is 0.369. The van der Waals surface area contributed by atoms with E-state index in [1.165, 1.54) is 80.0 Å². The van der Waals surface area contributed by atoms with Crippen molar-refractivity contribution in [1.82, 2.24) is 5.32 Å². The molecule has 2 aromatic rings. The van der Waals surface area contributed by atoms with E-state index < -0.39 is 0 Å². The summed E-state index contributed by atoms with van der Waals surface area (Å²) in [7, 11) is 0. The highest BCUT2D eigenvalue weighted by molar-refractivity contribution is 5.46. The van der Waals surface area contributed by atoms with E-state index >= 15 is 0 Å². The number of piperidine rings is 1. The summed E-state index contributed by atoms with van der Waals surface area (Å²) < 4.78 is 0. The Morgan fingerprint density at radius 2 is 1.81 bits per heavy atom. The van der Waals surface area contributed by atoms with Crippen LogP contribution in [0.5, 0.6) is 5.75 Å². The fraction of sp³-hybridized carbons (Fsp3) is 0.600. The second-order valence-electron chi connectivity index (χ2n) is 13.6. The van der Waals surface area contributed by atoms with Crippen molar-refractivity contribution in [3.05, 3.63) is 76.9 Å². The molecule has 1 saturated heterocycles. The van der Waals surface area contributed by atoms with Crippen molar-refractivity contribution in [2.24, 2.45) is 29.1 Å². The lowest BCUT2D eigenvalue weighted by atomic mass is 9.61. The van der Waals surface area contributed by atoms with E-state index in [4.69, 9.17) is 0 Å². The third-order valence-corrected chi connectivity index (χ3v) is 10.6. The van der Waals surface area contributed by atoms with Gasteiger partial charge in [-0.25, -0.2) is 0 Å². The Labute approximate surface area is 225 Å². The first-order chi connectivity index (χ1) is 17.9. The van der Waals surface area contributed by atoms with E-state index in [0.717, 1.165) is 24.2 Å². The predicted octanol–water partition coefficient (Wildman–Crippen LogP) is 8.70. The summed E-state index contributed by atoms with van der Waals surface area (Å²) in [5.41, 5.74) is 5.98. The van der Waals surface area contributed by atoms with E-state index in [1.54, 1.807) is 0 Å². The van der Waals surface area contributed by atoms with Crippen molar-refractivity contribution in [1.29, 1.82) is 0 Å². The van der Waals surface area contributed by atoms with E-state index in [-0.39, 0.29) is 0 Å². The van der Waals surface area contributed by atoms with Crippen LogP contribution in [-0.2, 0) is 6.42 Å². The van der Waals surface area contributed by atoms with Gasteiger partial charge in [-0.15, -0.1) is 0 Å². The Bertz CT molecular complexity index is 1140. The Balaban J connectivity index is 1.23.